The van der Waals surface area contributed by atoms with Crippen LogP contribution in [0.25, 0.3) is 11.4 Å². The Balaban J connectivity index is 1.69. The SMILES string of the molecule is CC(C)CCC[C@@H]1CN(C(=O)c2ccccc2-c2nn[nH]n2)CCO1. The fraction of sp³-hybridized carbons (Fsp3) is 0.556. The van der Waals surface area contributed by atoms with E-state index in [0.717, 1.165) is 12.8 Å². The van der Waals surface area contributed by atoms with Gasteiger partial charge in [-0.2, -0.15) is 5.21 Å². The summed E-state index contributed by atoms with van der Waals surface area (Å²) in [5.41, 5.74) is 1.30. The monoisotopic (exact) mass is 343 g/mol. The van der Waals surface area contributed by atoms with E-state index >= 15 is 0 Å². The third kappa shape index (κ3) is 4.42. The van der Waals surface area contributed by atoms with Crippen LogP contribution < -0.4 is 0 Å². The Morgan fingerprint density at radius 1 is 1.40 bits per heavy atom. The molecular weight excluding hydrogens is 318 g/mol. The predicted octanol–water partition coefficient (Wildman–Crippen LogP) is 2.53. The van der Waals surface area contributed by atoms with Crippen LogP contribution in [0.2, 0.25) is 0 Å². The molecular formula is C18H25N5O2. The van der Waals surface area contributed by atoms with Gasteiger partial charge in [0.2, 0.25) is 5.82 Å². The highest BCUT2D eigenvalue weighted by Crippen LogP contribution is 2.22. The van der Waals surface area contributed by atoms with Gasteiger partial charge in [-0.1, -0.05) is 44.9 Å². The molecule has 0 aliphatic carbocycles. The lowest BCUT2D eigenvalue weighted by molar-refractivity contribution is -0.0259. The summed E-state index contributed by atoms with van der Waals surface area (Å²) in [5.74, 6) is 1.13. The molecule has 1 N–H and O–H groups in total. The van der Waals surface area contributed by atoms with Gasteiger partial charge in [0, 0.05) is 18.7 Å². The van der Waals surface area contributed by atoms with E-state index in [2.05, 4.69) is 34.5 Å². The Morgan fingerprint density at radius 3 is 3.00 bits per heavy atom. The first-order valence-electron chi connectivity index (χ1n) is 8.89. The lowest BCUT2D eigenvalue weighted by Gasteiger charge is -2.33. The number of amides is 1. The molecule has 0 unspecified atom stereocenters. The van der Waals surface area contributed by atoms with E-state index in [1.54, 1.807) is 0 Å². The minimum Gasteiger partial charge on any atom is -0.375 e. The second-order valence-corrected chi connectivity index (χ2v) is 6.85. The highest BCUT2D eigenvalue weighted by atomic mass is 16.5. The fourth-order valence-electron chi connectivity index (χ4n) is 3.14. The van der Waals surface area contributed by atoms with Gasteiger partial charge in [0.05, 0.1) is 18.3 Å². The lowest BCUT2D eigenvalue weighted by Crippen LogP contribution is -2.45. The van der Waals surface area contributed by atoms with Gasteiger partial charge in [0.1, 0.15) is 0 Å². The zero-order valence-electron chi connectivity index (χ0n) is 14.8. The lowest BCUT2D eigenvalue weighted by atomic mass is 10.0. The zero-order valence-corrected chi connectivity index (χ0v) is 14.8. The molecule has 1 aromatic heterocycles. The number of hydrogen-bond acceptors (Lipinski definition) is 5. The number of ether oxygens (including phenoxy) is 1. The highest BCUT2D eigenvalue weighted by Gasteiger charge is 2.27. The van der Waals surface area contributed by atoms with Gasteiger partial charge in [0.25, 0.3) is 5.91 Å². The van der Waals surface area contributed by atoms with Crippen LogP contribution in [-0.2, 0) is 4.74 Å². The molecule has 1 saturated heterocycles. The standard InChI is InChI=1S/C18H25N5O2/c1-13(2)6-5-7-14-12-23(10-11-25-14)18(24)16-9-4-3-8-15(16)17-19-21-22-20-17/h3-4,8-9,13-14H,5-7,10-12H2,1-2H3,(H,19,20,21,22)/t14-/m1/s1. The number of benzene rings is 1. The number of morpholine rings is 1. The Bertz CT molecular complexity index is 687. The van der Waals surface area contributed by atoms with E-state index in [4.69, 9.17) is 4.74 Å². The van der Waals surface area contributed by atoms with E-state index in [0.29, 0.717) is 42.6 Å². The van der Waals surface area contributed by atoms with Gasteiger partial charge in [-0.15, -0.1) is 10.2 Å². The minimum atomic E-state index is -0.00226. The summed E-state index contributed by atoms with van der Waals surface area (Å²) >= 11 is 0. The number of rotatable bonds is 6. The summed E-state index contributed by atoms with van der Waals surface area (Å²) in [4.78, 5) is 14.9. The second-order valence-electron chi connectivity index (χ2n) is 6.85. The van der Waals surface area contributed by atoms with Gasteiger partial charge in [-0.05, 0) is 23.6 Å². The van der Waals surface area contributed by atoms with Crippen molar-refractivity contribution in [3.63, 3.8) is 0 Å². The maximum absolute atomic E-state index is 13.0. The first-order valence-corrected chi connectivity index (χ1v) is 8.89. The van der Waals surface area contributed by atoms with E-state index in [-0.39, 0.29) is 12.0 Å². The summed E-state index contributed by atoms with van der Waals surface area (Å²) in [6, 6.07) is 7.39. The van der Waals surface area contributed by atoms with Crippen LogP contribution in [0.4, 0.5) is 0 Å². The summed E-state index contributed by atoms with van der Waals surface area (Å²) in [6.07, 6.45) is 3.43. The van der Waals surface area contributed by atoms with E-state index in [1.165, 1.54) is 6.42 Å². The average molecular weight is 343 g/mol. The van der Waals surface area contributed by atoms with Crippen LogP contribution in [0.3, 0.4) is 0 Å². The Labute approximate surface area is 147 Å². The van der Waals surface area contributed by atoms with Gasteiger partial charge in [-0.25, -0.2) is 0 Å². The number of tetrazole rings is 1. The molecule has 1 aliphatic heterocycles. The van der Waals surface area contributed by atoms with Crippen molar-refractivity contribution in [2.75, 3.05) is 19.7 Å². The number of carbonyl (C=O) groups excluding carboxylic acids is 1. The molecule has 134 valence electrons. The maximum atomic E-state index is 13.0. The molecule has 0 spiro atoms. The second kappa shape index (κ2) is 8.20. The molecule has 0 radical (unpaired) electrons. The average Bonchev–Trinajstić information content (AvgIpc) is 3.15. The molecule has 1 aromatic carbocycles. The van der Waals surface area contributed by atoms with Crippen LogP contribution in [0, 0.1) is 5.92 Å². The number of H-pyrrole nitrogens is 1. The topological polar surface area (TPSA) is 84.0 Å². The molecule has 2 heterocycles. The molecule has 1 amide bonds. The van der Waals surface area contributed by atoms with Crippen molar-refractivity contribution in [3.8, 4) is 11.4 Å². The Kier molecular flexibility index (Phi) is 5.75. The Hall–Kier alpha value is -2.28. The van der Waals surface area contributed by atoms with Gasteiger partial charge in [0.15, 0.2) is 0 Å². The molecule has 3 rings (SSSR count). The Morgan fingerprint density at radius 2 is 2.24 bits per heavy atom. The van der Waals surface area contributed by atoms with E-state index in [9.17, 15) is 4.79 Å². The smallest absolute Gasteiger partial charge is 0.254 e. The van der Waals surface area contributed by atoms with Gasteiger partial charge >= 0.3 is 0 Å². The summed E-state index contributed by atoms with van der Waals surface area (Å²) in [6.45, 7) is 6.29. The molecule has 0 saturated carbocycles. The number of hydrogen-bond donors (Lipinski definition) is 1. The molecule has 1 fully saturated rings. The van der Waals surface area contributed by atoms with Gasteiger partial charge < -0.3 is 9.64 Å². The van der Waals surface area contributed by atoms with Crippen molar-refractivity contribution in [1.29, 1.82) is 0 Å². The van der Waals surface area contributed by atoms with Gasteiger partial charge in [-0.3, -0.25) is 4.79 Å². The number of nitrogens with one attached hydrogen (secondary N) is 1. The molecule has 7 nitrogen and oxygen atoms in total. The van der Waals surface area contributed by atoms with Crippen LogP contribution in [0.5, 0.6) is 0 Å². The zero-order chi connectivity index (χ0) is 17.6. The number of aromatic nitrogens is 4. The number of aromatic amines is 1. The predicted molar refractivity (Wildman–Crippen MR) is 93.9 cm³/mol. The van der Waals surface area contributed by atoms with Crippen LogP contribution in [-0.4, -0.2) is 57.2 Å². The van der Waals surface area contributed by atoms with Crippen molar-refractivity contribution in [2.24, 2.45) is 5.92 Å². The van der Waals surface area contributed by atoms with Crippen LogP contribution in [0.15, 0.2) is 24.3 Å². The first-order chi connectivity index (χ1) is 12.1. The van der Waals surface area contributed by atoms with Crippen molar-refractivity contribution >= 4 is 5.91 Å². The summed E-state index contributed by atoms with van der Waals surface area (Å²) in [5, 5.41) is 14.0. The molecule has 7 heteroatoms. The van der Waals surface area contributed by atoms with Crippen molar-refractivity contribution < 1.29 is 9.53 Å². The molecule has 1 atom stereocenters. The first kappa shape index (κ1) is 17.5. The van der Waals surface area contributed by atoms with Crippen LogP contribution >= 0.6 is 0 Å². The third-order valence-corrected chi connectivity index (χ3v) is 4.48. The highest BCUT2D eigenvalue weighted by molar-refractivity contribution is 6.00. The van der Waals surface area contributed by atoms with Crippen molar-refractivity contribution in [1.82, 2.24) is 25.5 Å². The van der Waals surface area contributed by atoms with Crippen LogP contribution in [0.1, 0.15) is 43.5 Å². The van der Waals surface area contributed by atoms with Crippen molar-refractivity contribution in [3.05, 3.63) is 29.8 Å². The molecule has 1 aliphatic rings. The summed E-state index contributed by atoms with van der Waals surface area (Å²) < 4.78 is 5.84. The van der Waals surface area contributed by atoms with E-state index < -0.39 is 0 Å². The minimum absolute atomic E-state index is 0.00226. The summed E-state index contributed by atoms with van der Waals surface area (Å²) in [7, 11) is 0. The quantitative estimate of drug-likeness (QED) is 0.871. The normalized spacial score (nSPS) is 17.9. The molecule has 25 heavy (non-hydrogen) atoms. The van der Waals surface area contributed by atoms with Crippen molar-refractivity contribution in [2.45, 2.75) is 39.2 Å². The number of carbonyl (C=O) groups is 1. The maximum Gasteiger partial charge on any atom is 0.254 e. The number of nitrogens with zero attached hydrogens (tertiary/aromatic N) is 4. The molecule has 2 aromatic rings. The molecule has 0 bridgehead atoms. The van der Waals surface area contributed by atoms with E-state index in [1.807, 2.05) is 29.2 Å². The largest absolute Gasteiger partial charge is 0.375 e. The fourth-order valence-corrected chi connectivity index (χ4v) is 3.14. The third-order valence-electron chi connectivity index (χ3n) is 4.48.